The quantitative estimate of drug-likeness (QED) is 0.561. The van der Waals surface area contributed by atoms with Gasteiger partial charge in [-0.15, -0.1) is 0 Å². The minimum atomic E-state index is 0.577. The van der Waals surface area contributed by atoms with Gasteiger partial charge in [0.05, 0.1) is 11.0 Å². The summed E-state index contributed by atoms with van der Waals surface area (Å²) in [5, 5.41) is 3.42. The molecule has 0 fully saturated rings. The minimum absolute atomic E-state index is 0.577. The average molecular weight is 314 g/mol. The first-order chi connectivity index (χ1) is 10.8. The summed E-state index contributed by atoms with van der Waals surface area (Å²) in [7, 11) is 0. The van der Waals surface area contributed by atoms with E-state index in [2.05, 4.69) is 20.9 Å². The number of nitrogens with one attached hydrogen (secondary N) is 1. The summed E-state index contributed by atoms with van der Waals surface area (Å²) >= 11 is 5.94. The number of hydrogen-bond acceptors (Lipinski definition) is 2. The van der Waals surface area contributed by atoms with Gasteiger partial charge in [-0.2, -0.15) is 0 Å². The average Bonchev–Trinajstić information content (AvgIpc) is 2.88. The molecule has 0 saturated heterocycles. The molecule has 1 amide bonds. The summed E-state index contributed by atoms with van der Waals surface area (Å²) in [5.41, 5.74) is 3.23. The van der Waals surface area contributed by atoms with Crippen molar-refractivity contribution in [3.63, 3.8) is 0 Å². The smallest absolute Gasteiger partial charge is 0.207 e. The van der Waals surface area contributed by atoms with E-state index in [9.17, 15) is 4.79 Å². The molecule has 0 radical (unpaired) electrons. The number of imidazole rings is 1. The number of hydrogen-bond donors (Lipinski definition) is 1. The maximum Gasteiger partial charge on any atom is 0.207 e. The van der Waals surface area contributed by atoms with Crippen molar-refractivity contribution in [3.05, 3.63) is 64.9 Å². The van der Waals surface area contributed by atoms with Crippen molar-refractivity contribution in [2.75, 3.05) is 6.54 Å². The molecule has 1 N–H and O–H groups in total. The first-order valence-corrected chi connectivity index (χ1v) is 7.51. The molecule has 0 aliphatic heterocycles. The minimum Gasteiger partial charge on any atom is -0.358 e. The van der Waals surface area contributed by atoms with Crippen molar-refractivity contribution in [2.45, 2.75) is 13.0 Å². The molecular weight excluding hydrogens is 298 g/mol. The summed E-state index contributed by atoms with van der Waals surface area (Å²) in [6, 6.07) is 15.9. The normalized spacial score (nSPS) is 10.8. The first kappa shape index (κ1) is 14.6. The second-order valence-corrected chi connectivity index (χ2v) is 5.49. The van der Waals surface area contributed by atoms with Crippen molar-refractivity contribution in [3.8, 4) is 0 Å². The van der Waals surface area contributed by atoms with Crippen LogP contribution in [0.2, 0.25) is 5.02 Å². The van der Waals surface area contributed by atoms with Gasteiger partial charge in [-0.25, -0.2) is 4.98 Å². The lowest BCUT2D eigenvalue weighted by atomic mass is 10.2. The Morgan fingerprint density at radius 2 is 1.91 bits per heavy atom. The number of carbonyl (C=O) groups is 1. The lowest BCUT2D eigenvalue weighted by Crippen LogP contribution is -2.17. The molecule has 0 unspecified atom stereocenters. The van der Waals surface area contributed by atoms with Crippen LogP contribution in [0.15, 0.2) is 48.5 Å². The number of aromatic nitrogens is 2. The molecule has 22 heavy (non-hydrogen) atoms. The van der Waals surface area contributed by atoms with Crippen molar-refractivity contribution in [2.24, 2.45) is 0 Å². The molecule has 0 aliphatic rings. The van der Waals surface area contributed by atoms with Gasteiger partial charge in [-0.05, 0) is 29.8 Å². The third-order valence-corrected chi connectivity index (χ3v) is 3.82. The highest BCUT2D eigenvalue weighted by molar-refractivity contribution is 6.30. The predicted molar refractivity (Wildman–Crippen MR) is 88.1 cm³/mol. The van der Waals surface area contributed by atoms with E-state index >= 15 is 0 Å². The van der Waals surface area contributed by atoms with Crippen molar-refractivity contribution >= 4 is 29.0 Å². The van der Waals surface area contributed by atoms with Gasteiger partial charge in [0.15, 0.2) is 0 Å². The van der Waals surface area contributed by atoms with Crippen LogP contribution in [0, 0.1) is 0 Å². The molecule has 3 rings (SSSR count). The van der Waals surface area contributed by atoms with E-state index in [1.807, 2.05) is 42.5 Å². The third-order valence-electron chi connectivity index (χ3n) is 3.56. The molecule has 5 heteroatoms. The van der Waals surface area contributed by atoms with Gasteiger partial charge in [-0.3, -0.25) is 4.79 Å². The van der Waals surface area contributed by atoms with E-state index in [1.165, 1.54) is 0 Å². The van der Waals surface area contributed by atoms with Crippen LogP contribution in [-0.2, 0) is 17.8 Å². The maximum absolute atomic E-state index is 10.4. The molecule has 0 spiro atoms. The molecule has 112 valence electrons. The number of carbonyl (C=O) groups excluding carboxylic acids is 1. The zero-order valence-corrected chi connectivity index (χ0v) is 12.8. The number of amides is 1. The largest absolute Gasteiger partial charge is 0.358 e. The monoisotopic (exact) mass is 313 g/mol. The highest BCUT2D eigenvalue weighted by Gasteiger charge is 2.10. The Morgan fingerprint density at radius 1 is 1.14 bits per heavy atom. The van der Waals surface area contributed by atoms with Crippen LogP contribution >= 0.6 is 11.6 Å². The molecule has 0 saturated carbocycles. The highest BCUT2D eigenvalue weighted by Crippen LogP contribution is 2.19. The fourth-order valence-corrected chi connectivity index (χ4v) is 2.63. The summed E-state index contributed by atoms with van der Waals surface area (Å²) in [4.78, 5) is 15.1. The van der Waals surface area contributed by atoms with Gasteiger partial charge < -0.3 is 9.88 Å². The van der Waals surface area contributed by atoms with Gasteiger partial charge in [0.2, 0.25) is 6.41 Å². The molecule has 0 atom stereocenters. The van der Waals surface area contributed by atoms with Crippen LogP contribution in [0.3, 0.4) is 0 Å². The predicted octanol–water partition coefficient (Wildman–Crippen LogP) is 3.03. The Balaban J connectivity index is 1.95. The molecule has 0 aliphatic carbocycles. The zero-order valence-electron chi connectivity index (χ0n) is 12.0. The number of para-hydroxylation sites is 2. The van der Waals surface area contributed by atoms with Gasteiger partial charge in [0, 0.05) is 24.5 Å². The summed E-state index contributed by atoms with van der Waals surface area (Å²) in [6.45, 7) is 1.31. The first-order valence-electron chi connectivity index (χ1n) is 7.13. The van der Waals surface area contributed by atoms with Crippen molar-refractivity contribution in [1.82, 2.24) is 14.9 Å². The second-order valence-electron chi connectivity index (χ2n) is 5.05. The summed E-state index contributed by atoms with van der Waals surface area (Å²) < 4.78 is 2.19. The van der Waals surface area contributed by atoms with Crippen LogP contribution in [0.5, 0.6) is 0 Å². The van der Waals surface area contributed by atoms with E-state index in [0.717, 1.165) is 34.0 Å². The fourth-order valence-electron chi connectivity index (χ4n) is 2.51. The van der Waals surface area contributed by atoms with Crippen molar-refractivity contribution in [1.29, 1.82) is 0 Å². The lowest BCUT2D eigenvalue weighted by Gasteiger charge is -2.09. The fraction of sp³-hybridized carbons (Fsp3) is 0.176. The van der Waals surface area contributed by atoms with Gasteiger partial charge in [0.25, 0.3) is 0 Å². The Kier molecular flexibility index (Phi) is 4.39. The van der Waals surface area contributed by atoms with Crippen LogP contribution in [0.1, 0.15) is 11.4 Å². The number of halogens is 1. The van der Waals surface area contributed by atoms with Crippen LogP contribution in [0.25, 0.3) is 11.0 Å². The lowest BCUT2D eigenvalue weighted by molar-refractivity contribution is -0.109. The Hall–Kier alpha value is -2.33. The van der Waals surface area contributed by atoms with Crippen LogP contribution < -0.4 is 5.32 Å². The maximum atomic E-state index is 10.4. The molecule has 2 aromatic carbocycles. The second kappa shape index (κ2) is 6.62. The van der Waals surface area contributed by atoms with E-state index in [1.54, 1.807) is 0 Å². The summed E-state index contributed by atoms with van der Waals surface area (Å²) in [6.07, 6.45) is 1.41. The van der Waals surface area contributed by atoms with E-state index < -0.39 is 0 Å². The van der Waals surface area contributed by atoms with E-state index in [-0.39, 0.29) is 0 Å². The molecular formula is C17H16ClN3O. The Bertz CT molecular complexity index is 780. The van der Waals surface area contributed by atoms with Gasteiger partial charge in [0.1, 0.15) is 5.82 Å². The number of rotatable bonds is 6. The van der Waals surface area contributed by atoms with E-state index in [0.29, 0.717) is 19.4 Å². The molecule has 3 aromatic rings. The standard InChI is InChI=1S/C17H16ClN3O/c18-14-7-5-13(6-8-14)11-21-16-4-2-1-3-15(16)20-17(21)9-10-19-12-22/h1-8,12H,9-11H2,(H,19,22). The van der Waals surface area contributed by atoms with Crippen LogP contribution in [-0.4, -0.2) is 22.5 Å². The Labute approximate surface area is 133 Å². The van der Waals surface area contributed by atoms with Gasteiger partial charge in [-0.1, -0.05) is 35.9 Å². The van der Waals surface area contributed by atoms with Crippen molar-refractivity contribution < 1.29 is 4.79 Å². The number of fused-ring (bicyclic) bond motifs is 1. The molecule has 1 aromatic heterocycles. The molecule has 0 bridgehead atoms. The molecule has 1 heterocycles. The van der Waals surface area contributed by atoms with Gasteiger partial charge >= 0.3 is 0 Å². The topological polar surface area (TPSA) is 46.9 Å². The third kappa shape index (κ3) is 3.12. The van der Waals surface area contributed by atoms with Crippen LogP contribution in [0.4, 0.5) is 0 Å². The number of nitrogens with zero attached hydrogens (tertiary/aromatic N) is 2. The SMILES string of the molecule is O=CNCCc1nc2ccccc2n1Cc1ccc(Cl)cc1. The van der Waals surface area contributed by atoms with E-state index in [4.69, 9.17) is 11.6 Å². The number of benzene rings is 2. The Morgan fingerprint density at radius 3 is 2.68 bits per heavy atom. The summed E-state index contributed by atoms with van der Waals surface area (Å²) in [5.74, 6) is 0.963. The highest BCUT2D eigenvalue weighted by atomic mass is 35.5. The zero-order chi connectivity index (χ0) is 15.4. The molecule has 4 nitrogen and oxygen atoms in total.